The Balaban J connectivity index is 2.49. The summed E-state index contributed by atoms with van der Waals surface area (Å²) in [6.07, 6.45) is 0.900. The standard InChI is InChI=1S/C13H12OS/c1-9-3-5-12(10(2)7-9)13-6-4-11(8-14)15-13/h3-8H,1-2H3. The van der Waals surface area contributed by atoms with Crippen LogP contribution in [0.4, 0.5) is 0 Å². The van der Waals surface area contributed by atoms with Crippen molar-refractivity contribution >= 4 is 17.6 Å². The first kappa shape index (κ1) is 10.1. The third-order valence-corrected chi connectivity index (χ3v) is 3.43. The van der Waals surface area contributed by atoms with Gasteiger partial charge < -0.3 is 0 Å². The van der Waals surface area contributed by atoms with Crippen molar-refractivity contribution in [3.63, 3.8) is 0 Å². The van der Waals surface area contributed by atoms with Crippen molar-refractivity contribution < 1.29 is 4.79 Å². The van der Waals surface area contributed by atoms with Crippen molar-refractivity contribution in [2.75, 3.05) is 0 Å². The van der Waals surface area contributed by atoms with Crippen molar-refractivity contribution in [2.45, 2.75) is 13.8 Å². The van der Waals surface area contributed by atoms with Gasteiger partial charge in [-0.05, 0) is 37.1 Å². The lowest BCUT2D eigenvalue weighted by atomic mass is 10.0. The molecule has 0 bridgehead atoms. The van der Waals surface area contributed by atoms with Crippen LogP contribution in [0.25, 0.3) is 10.4 Å². The minimum atomic E-state index is 0.782. The Labute approximate surface area is 93.4 Å². The zero-order valence-electron chi connectivity index (χ0n) is 8.78. The minimum absolute atomic E-state index is 0.782. The Kier molecular flexibility index (Phi) is 2.69. The van der Waals surface area contributed by atoms with Gasteiger partial charge in [-0.25, -0.2) is 0 Å². The van der Waals surface area contributed by atoms with Crippen molar-refractivity contribution in [2.24, 2.45) is 0 Å². The zero-order valence-corrected chi connectivity index (χ0v) is 9.60. The van der Waals surface area contributed by atoms with E-state index in [0.29, 0.717) is 0 Å². The van der Waals surface area contributed by atoms with Crippen LogP contribution < -0.4 is 0 Å². The van der Waals surface area contributed by atoms with E-state index in [9.17, 15) is 4.79 Å². The maximum Gasteiger partial charge on any atom is 0.160 e. The maximum absolute atomic E-state index is 10.6. The van der Waals surface area contributed by atoms with Gasteiger partial charge in [0.15, 0.2) is 6.29 Å². The van der Waals surface area contributed by atoms with Crippen LogP contribution in [0.3, 0.4) is 0 Å². The molecule has 0 aliphatic carbocycles. The topological polar surface area (TPSA) is 17.1 Å². The van der Waals surface area contributed by atoms with Crippen molar-refractivity contribution in [3.8, 4) is 10.4 Å². The van der Waals surface area contributed by atoms with Gasteiger partial charge in [-0.1, -0.05) is 23.8 Å². The van der Waals surface area contributed by atoms with E-state index in [-0.39, 0.29) is 0 Å². The van der Waals surface area contributed by atoms with Crippen LogP contribution in [0.5, 0.6) is 0 Å². The van der Waals surface area contributed by atoms with E-state index in [1.165, 1.54) is 28.0 Å². The van der Waals surface area contributed by atoms with Gasteiger partial charge in [-0.15, -0.1) is 11.3 Å². The molecule has 1 aromatic carbocycles. The van der Waals surface area contributed by atoms with Gasteiger partial charge in [-0.3, -0.25) is 4.79 Å². The normalized spacial score (nSPS) is 10.3. The maximum atomic E-state index is 10.6. The van der Waals surface area contributed by atoms with E-state index in [1.807, 2.05) is 12.1 Å². The minimum Gasteiger partial charge on any atom is -0.297 e. The first-order valence-corrected chi connectivity index (χ1v) is 5.65. The summed E-state index contributed by atoms with van der Waals surface area (Å²) in [6.45, 7) is 4.19. The fraction of sp³-hybridized carbons (Fsp3) is 0.154. The van der Waals surface area contributed by atoms with Crippen molar-refractivity contribution in [3.05, 3.63) is 46.3 Å². The van der Waals surface area contributed by atoms with E-state index in [4.69, 9.17) is 0 Å². The summed E-state index contributed by atoms with van der Waals surface area (Å²) in [5, 5.41) is 0. The van der Waals surface area contributed by atoms with Crippen molar-refractivity contribution in [1.29, 1.82) is 0 Å². The first-order chi connectivity index (χ1) is 7.20. The Morgan fingerprint density at radius 2 is 1.93 bits per heavy atom. The Hall–Kier alpha value is -1.41. The lowest BCUT2D eigenvalue weighted by Crippen LogP contribution is -1.81. The van der Waals surface area contributed by atoms with Crippen LogP contribution in [0.1, 0.15) is 20.8 Å². The van der Waals surface area contributed by atoms with Gasteiger partial charge >= 0.3 is 0 Å². The van der Waals surface area contributed by atoms with Crippen LogP contribution in [0, 0.1) is 13.8 Å². The fourth-order valence-corrected chi connectivity index (χ4v) is 2.56. The molecule has 0 aliphatic heterocycles. The van der Waals surface area contributed by atoms with Gasteiger partial charge in [0.2, 0.25) is 0 Å². The molecule has 0 atom stereocenters. The monoisotopic (exact) mass is 216 g/mol. The number of hydrogen-bond donors (Lipinski definition) is 0. The second-order valence-electron chi connectivity index (χ2n) is 3.64. The molecule has 0 unspecified atom stereocenters. The highest BCUT2D eigenvalue weighted by molar-refractivity contribution is 7.17. The van der Waals surface area contributed by atoms with E-state index < -0.39 is 0 Å². The highest BCUT2D eigenvalue weighted by Crippen LogP contribution is 2.30. The number of aryl methyl sites for hydroxylation is 2. The average Bonchev–Trinajstić information content (AvgIpc) is 2.66. The fourth-order valence-electron chi connectivity index (χ4n) is 1.65. The summed E-state index contributed by atoms with van der Waals surface area (Å²) in [4.78, 5) is 12.5. The second-order valence-corrected chi connectivity index (χ2v) is 4.75. The molecule has 0 saturated heterocycles. The summed E-state index contributed by atoms with van der Waals surface area (Å²) in [5.74, 6) is 0. The molecule has 15 heavy (non-hydrogen) atoms. The molecular weight excluding hydrogens is 204 g/mol. The van der Waals surface area contributed by atoms with E-state index in [0.717, 1.165) is 16.0 Å². The third kappa shape index (κ3) is 2.00. The van der Waals surface area contributed by atoms with Gasteiger partial charge in [0, 0.05) is 4.88 Å². The quantitative estimate of drug-likeness (QED) is 0.697. The molecule has 0 amide bonds. The number of thiophene rings is 1. The van der Waals surface area contributed by atoms with Crippen LogP contribution in [-0.4, -0.2) is 6.29 Å². The molecule has 0 fully saturated rings. The van der Waals surface area contributed by atoms with Gasteiger partial charge in [0.05, 0.1) is 4.88 Å². The largest absolute Gasteiger partial charge is 0.297 e. The molecule has 76 valence electrons. The number of rotatable bonds is 2. The number of benzene rings is 1. The Morgan fingerprint density at radius 3 is 2.53 bits per heavy atom. The summed E-state index contributed by atoms with van der Waals surface area (Å²) in [7, 11) is 0. The number of carbonyl (C=O) groups excluding carboxylic acids is 1. The second kappa shape index (κ2) is 3.99. The third-order valence-electron chi connectivity index (χ3n) is 2.39. The molecule has 2 aromatic rings. The molecular formula is C13H12OS. The predicted octanol–water partition coefficient (Wildman–Crippen LogP) is 3.84. The molecule has 0 N–H and O–H groups in total. The van der Waals surface area contributed by atoms with Crippen molar-refractivity contribution in [1.82, 2.24) is 0 Å². The zero-order chi connectivity index (χ0) is 10.8. The number of hydrogen-bond acceptors (Lipinski definition) is 2. The SMILES string of the molecule is Cc1ccc(-c2ccc(C=O)s2)c(C)c1. The lowest BCUT2D eigenvalue weighted by molar-refractivity contribution is 0.112. The summed E-state index contributed by atoms with van der Waals surface area (Å²) in [5.41, 5.74) is 3.75. The van der Waals surface area contributed by atoms with Crippen LogP contribution in [0.2, 0.25) is 0 Å². The lowest BCUT2D eigenvalue weighted by Gasteiger charge is -2.03. The molecule has 0 spiro atoms. The highest BCUT2D eigenvalue weighted by atomic mass is 32.1. The highest BCUT2D eigenvalue weighted by Gasteiger charge is 2.04. The Morgan fingerprint density at radius 1 is 1.13 bits per heavy atom. The smallest absolute Gasteiger partial charge is 0.160 e. The first-order valence-electron chi connectivity index (χ1n) is 4.83. The van der Waals surface area contributed by atoms with Gasteiger partial charge in [0.25, 0.3) is 0 Å². The van der Waals surface area contributed by atoms with Gasteiger partial charge in [0.1, 0.15) is 0 Å². The molecule has 2 rings (SSSR count). The van der Waals surface area contributed by atoms with E-state index in [1.54, 1.807) is 0 Å². The molecule has 0 radical (unpaired) electrons. The van der Waals surface area contributed by atoms with Gasteiger partial charge in [-0.2, -0.15) is 0 Å². The molecule has 0 saturated carbocycles. The van der Waals surface area contributed by atoms with E-state index >= 15 is 0 Å². The Bertz CT molecular complexity index is 497. The van der Waals surface area contributed by atoms with Crippen LogP contribution in [-0.2, 0) is 0 Å². The number of carbonyl (C=O) groups is 1. The predicted molar refractivity (Wildman–Crippen MR) is 64.6 cm³/mol. The number of aldehydes is 1. The average molecular weight is 216 g/mol. The molecule has 2 heteroatoms. The summed E-state index contributed by atoms with van der Waals surface area (Å²) < 4.78 is 0. The van der Waals surface area contributed by atoms with E-state index in [2.05, 4.69) is 32.0 Å². The summed E-state index contributed by atoms with van der Waals surface area (Å²) in [6, 6.07) is 10.3. The van der Waals surface area contributed by atoms with Crippen LogP contribution >= 0.6 is 11.3 Å². The molecule has 1 heterocycles. The molecule has 1 aromatic heterocycles. The molecule has 0 aliphatic rings. The molecule has 1 nitrogen and oxygen atoms in total. The van der Waals surface area contributed by atoms with Crippen LogP contribution in [0.15, 0.2) is 30.3 Å². The summed E-state index contributed by atoms with van der Waals surface area (Å²) >= 11 is 1.54.